The highest BCUT2D eigenvalue weighted by Gasteiger charge is 2.34. The van der Waals surface area contributed by atoms with Crippen LogP contribution in [0.5, 0.6) is 0 Å². The van der Waals surface area contributed by atoms with Crippen molar-refractivity contribution in [3.63, 3.8) is 0 Å². The Morgan fingerprint density at radius 1 is 1.45 bits per heavy atom. The number of hydrogen-bond acceptors (Lipinski definition) is 3. The number of sulfonamides is 1. The van der Waals surface area contributed by atoms with Crippen LogP contribution in [0.4, 0.5) is 0 Å². The highest BCUT2D eigenvalue weighted by Crippen LogP contribution is 2.33. The fourth-order valence-corrected chi connectivity index (χ4v) is 5.43. The van der Waals surface area contributed by atoms with Crippen LogP contribution in [0, 0.1) is 5.92 Å². The van der Waals surface area contributed by atoms with Crippen LogP contribution in [0.15, 0.2) is 27.6 Å². The predicted molar refractivity (Wildman–Crippen MR) is 86.9 cm³/mol. The molecule has 2 unspecified atom stereocenters. The normalized spacial score (nSPS) is 24.2. The highest BCUT2D eigenvalue weighted by atomic mass is 79.9. The van der Waals surface area contributed by atoms with E-state index in [2.05, 4.69) is 15.9 Å². The molecule has 1 aliphatic rings. The lowest BCUT2D eigenvalue weighted by molar-refractivity contribution is 0.250. The standard InChI is InChI=1S/C12H16BrClN2O2S.ClH/c1-8-7-16(6-5-11(8)15)19(17,18)12-9(13)3-2-4-10(12)14;/h2-4,8,11H,5-7,15H2,1H3;1H. The summed E-state index contributed by atoms with van der Waals surface area (Å²) >= 11 is 9.30. The molecule has 2 atom stereocenters. The molecule has 0 amide bonds. The average Bonchev–Trinajstić information content (AvgIpc) is 2.32. The molecule has 1 heterocycles. The Morgan fingerprint density at radius 2 is 2.10 bits per heavy atom. The molecule has 0 saturated carbocycles. The van der Waals surface area contributed by atoms with Crippen molar-refractivity contribution in [3.8, 4) is 0 Å². The van der Waals surface area contributed by atoms with E-state index in [1.807, 2.05) is 6.92 Å². The van der Waals surface area contributed by atoms with Crippen LogP contribution >= 0.6 is 39.9 Å². The summed E-state index contributed by atoms with van der Waals surface area (Å²) in [6, 6.07) is 5.03. The third-order valence-corrected chi connectivity index (χ3v) is 6.77. The molecule has 8 heteroatoms. The minimum Gasteiger partial charge on any atom is -0.327 e. The number of piperidine rings is 1. The zero-order chi connectivity index (χ0) is 14.2. The van der Waals surface area contributed by atoms with Crippen molar-refractivity contribution in [3.05, 3.63) is 27.7 Å². The van der Waals surface area contributed by atoms with Gasteiger partial charge in [0.1, 0.15) is 4.90 Å². The highest BCUT2D eigenvalue weighted by molar-refractivity contribution is 9.10. The summed E-state index contributed by atoms with van der Waals surface area (Å²) in [5.74, 6) is 0.143. The molecule has 0 bridgehead atoms. The first-order chi connectivity index (χ1) is 8.84. The first-order valence-electron chi connectivity index (χ1n) is 6.03. The smallest absolute Gasteiger partial charge is 0.245 e. The van der Waals surface area contributed by atoms with Crippen LogP contribution in [0.3, 0.4) is 0 Å². The van der Waals surface area contributed by atoms with E-state index in [4.69, 9.17) is 17.3 Å². The van der Waals surface area contributed by atoms with Gasteiger partial charge in [0, 0.05) is 23.6 Å². The van der Waals surface area contributed by atoms with Crippen LogP contribution < -0.4 is 5.73 Å². The fraction of sp³-hybridized carbons (Fsp3) is 0.500. The Kier molecular flexibility index (Phi) is 6.32. The second kappa shape index (κ2) is 6.94. The topological polar surface area (TPSA) is 63.4 Å². The van der Waals surface area contributed by atoms with Gasteiger partial charge in [0.05, 0.1) is 5.02 Å². The second-order valence-corrected chi connectivity index (χ2v) is 7.98. The largest absolute Gasteiger partial charge is 0.327 e. The Morgan fingerprint density at radius 3 is 2.65 bits per heavy atom. The van der Waals surface area contributed by atoms with Crippen LogP contribution in [0.1, 0.15) is 13.3 Å². The average molecular weight is 404 g/mol. The molecular weight excluding hydrogens is 387 g/mol. The SMILES string of the molecule is CC1CN(S(=O)(=O)c2c(Cl)cccc2Br)CCC1N.Cl. The Hall–Kier alpha value is 0.150. The molecule has 20 heavy (non-hydrogen) atoms. The lowest BCUT2D eigenvalue weighted by Gasteiger charge is -2.34. The van der Waals surface area contributed by atoms with Gasteiger partial charge >= 0.3 is 0 Å². The van der Waals surface area contributed by atoms with Crippen molar-refractivity contribution in [2.24, 2.45) is 11.7 Å². The first-order valence-corrected chi connectivity index (χ1v) is 8.65. The van der Waals surface area contributed by atoms with E-state index in [0.717, 1.165) is 0 Å². The summed E-state index contributed by atoms with van der Waals surface area (Å²) in [6.07, 6.45) is 0.669. The summed E-state index contributed by atoms with van der Waals surface area (Å²) in [6.45, 7) is 2.83. The molecule has 4 nitrogen and oxygen atoms in total. The molecule has 0 aromatic heterocycles. The lowest BCUT2D eigenvalue weighted by Crippen LogP contribution is -2.48. The van der Waals surface area contributed by atoms with Crippen molar-refractivity contribution in [2.45, 2.75) is 24.3 Å². The quantitative estimate of drug-likeness (QED) is 0.825. The monoisotopic (exact) mass is 402 g/mol. The van der Waals surface area contributed by atoms with E-state index in [1.54, 1.807) is 18.2 Å². The van der Waals surface area contributed by atoms with Crippen molar-refractivity contribution >= 4 is 50.0 Å². The molecule has 0 aliphatic carbocycles. The van der Waals surface area contributed by atoms with E-state index in [0.29, 0.717) is 24.0 Å². The molecule has 114 valence electrons. The molecule has 2 rings (SSSR count). The Balaban J connectivity index is 0.00000200. The molecule has 1 aromatic carbocycles. The van der Waals surface area contributed by atoms with E-state index in [-0.39, 0.29) is 34.3 Å². The molecule has 0 spiro atoms. The van der Waals surface area contributed by atoms with Crippen LogP contribution in [-0.2, 0) is 10.0 Å². The number of hydrogen-bond donors (Lipinski definition) is 1. The van der Waals surface area contributed by atoms with Crippen LogP contribution in [0.2, 0.25) is 5.02 Å². The summed E-state index contributed by atoms with van der Waals surface area (Å²) in [4.78, 5) is 0.138. The van der Waals surface area contributed by atoms with Crippen molar-refractivity contribution < 1.29 is 8.42 Å². The number of rotatable bonds is 2. The molecule has 1 saturated heterocycles. The van der Waals surface area contributed by atoms with Gasteiger partial charge < -0.3 is 5.73 Å². The zero-order valence-electron chi connectivity index (χ0n) is 10.9. The molecule has 1 fully saturated rings. The van der Waals surface area contributed by atoms with E-state index < -0.39 is 10.0 Å². The van der Waals surface area contributed by atoms with Gasteiger partial charge in [-0.2, -0.15) is 4.31 Å². The second-order valence-electron chi connectivity index (χ2n) is 4.84. The van der Waals surface area contributed by atoms with Crippen LogP contribution in [-0.4, -0.2) is 31.9 Å². The molecule has 2 N–H and O–H groups in total. The van der Waals surface area contributed by atoms with E-state index in [9.17, 15) is 8.42 Å². The number of nitrogens with two attached hydrogens (primary N) is 1. The number of benzene rings is 1. The lowest BCUT2D eigenvalue weighted by atomic mass is 9.96. The molecule has 0 radical (unpaired) electrons. The maximum atomic E-state index is 12.7. The van der Waals surface area contributed by atoms with Gasteiger partial charge in [-0.15, -0.1) is 12.4 Å². The Bertz CT molecular complexity index is 563. The van der Waals surface area contributed by atoms with Crippen molar-refractivity contribution in [2.75, 3.05) is 13.1 Å². The minimum atomic E-state index is -3.58. The van der Waals surface area contributed by atoms with Gasteiger partial charge in [-0.05, 0) is 40.4 Å². The first kappa shape index (κ1) is 18.2. The molecular formula is C12H17BrCl2N2O2S. The maximum absolute atomic E-state index is 12.7. The maximum Gasteiger partial charge on any atom is 0.245 e. The zero-order valence-corrected chi connectivity index (χ0v) is 14.9. The third kappa shape index (κ3) is 3.48. The van der Waals surface area contributed by atoms with Gasteiger partial charge in [-0.1, -0.05) is 24.6 Å². The van der Waals surface area contributed by atoms with Gasteiger partial charge in [-0.3, -0.25) is 0 Å². The Labute approximate surface area is 139 Å². The number of halogens is 3. The predicted octanol–water partition coefficient (Wildman–Crippen LogP) is 2.88. The van der Waals surface area contributed by atoms with Gasteiger partial charge in [-0.25, -0.2) is 8.42 Å². The van der Waals surface area contributed by atoms with Gasteiger partial charge in [0.2, 0.25) is 10.0 Å². The van der Waals surface area contributed by atoms with Crippen molar-refractivity contribution in [1.82, 2.24) is 4.31 Å². The van der Waals surface area contributed by atoms with Gasteiger partial charge in [0.25, 0.3) is 0 Å². The van der Waals surface area contributed by atoms with Crippen LogP contribution in [0.25, 0.3) is 0 Å². The number of nitrogens with zero attached hydrogens (tertiary/aromatic N) is 1. The summed E-state index contributed by atoms with van der Waals surface area (Å²) in [5, 5.41) is 0.233. The van der Waals surface area contributed by atoms with Gasteiger partial charge in [0.15, 0.2) is 0 Å². The minimum absolute atomic E-state index is 0. The van der Waals surface area contributed by atoms with Crippen molar-refractivity contribution in [1.29, 1.82) is 0 Å². The molecule has 1 aromatic rings. The summed E-state index contributed by atoms with van der Waals surface area (Å²) in [5.41, 5.74) is 5.93. The fourth-order valence-electron chi connectivity index (χ4n) is 2.20. The third-order valence-electron chi connectivity index (χ3n) is 3.45. The summed E-state index contributed by atoms with van der Waals surface area (Å²) < 4.78 is 27.3. The van der Waals surface area contributed by atoms with E-state index >= 15 is 0 Å². The molecule has 1 aliphatic heterocycles. The summed E-state index contributed by atoms with van der Waals surface area (Å²) in [7, 11) is -3.58. The van der Waals surface area contributed by atoms with E-state index in [1.165, 1.54) is 4.31 Å².